The van der Waals surface area contributed by atoms with E-state index in [1.807, 2.05) is 77.7 Å². The maximum Gasteiger partial charge on any atom is 0.471 e. The summed E-state index contributed by atoms with van der Waals surface area (Å²) >= 11 is 2.00. The molecule has 10 aliphatic heterocycles. The van der Waals surface area contributed by atoms with E-state index < -0.39 is 168 Å². The van der Waals surface area contributed by atoms with Crippen molar-refractivity contribution in [2.24, 2.45) is 0 Å². The van der Waals surface area contributed by atoms with Gasteiger partial charge in [-0.15, -0.1) is 23.5 Å². The van der Waals surface area contributed by atoms with Crippen LogP contribution in [0.15, 0.2) is 84.9 Å². The lowest BCUT2D eigenvalue weighted by molar-refractivity contribution is -0.176. The molecule has 14 atom stereocenters. The number of fused-ring (bicyclic) bond motifs is 18. The number of rotatable bonds is 12. The molecule has 6 aromatic carbocycles. The Balaban J connectivity index is 0.000000183. The second-order valence-electron chi connectivity index (χ2n) is 29.1. The van der Waals surface area contributed by atoms with Crippen LogP contribution in [-0.2, 0) is 60.7 Å². The number of ether oxygens (including phenoxy) is 12. The summed E-state index contributed by atoms with van der Waals surface area (Å²) in [4.78, 5) is 108. The number of aliphatic hydroxyl groups excluding tert-OH is 1. The van der Waals surface area contributed by atoms with E-state index in [0.717, 1.165) is 45.8 Å². The molecule has 10 heterocycles. The standard InChI is InChI=1S/C41H37F3N4O10S.C40H38F3N3O11S/c1-18-12-22-13-23-25(14-45)48-26-15-54-39(51)24(47-40(52)41(42,43)44)16-59-38(30-29(26)36-35(55-17-56-36)19(2)34(30)57-20(3)49)32(48)31(46-23)28(22)37(33(18)53-4)58-27(50)11-10-21-8-6-5-7-9-21;1-17-12-21-13-22-37(49)46-24-14-53-38(50)23(45-39(51)40(41,42)43)15-58-36(28-27(24)34-33(54-16-55-34)18(2)32(28)56-19(3)47)30(46)29(44-22)26(21)35(31(17)52-4)57-25(48)11-10-20-8-6-5-7-9-20/h5-12,23-26,31-32,38,46H,13,15-17H2,1-4H3,(H,47,52);5-12,22-24,29-30,36-37,44,49H,13-16H2,1-4H3,(H,45,51)/b2*11-10+/t23-,24?,25-,26-,31+,32?,38+;22-,23?,24-,29+,30?,36+,37-/m00/s1. The summed E-state index contributed by atoms with van der Waals surface area (Å²) in [5.41, 5.74) is 7.82. The summed E-state index contributed by atoms with van der Waals surface area (Å²) in [5.74, 6) is -8.42. The van der Waals surface area contributed by atoms with Gasteiger partial charge in [-0.3, -0.25) is 29.0 Å². The molecule has 4 fully saturated rings. The van der Waals surface area contributed by atoms with Gasteiger partial charge in [0.2, 0.25) is 13.6 Å². The average Bonchev–Trinajstić information content (AvgIpc) is 1.56. The van der Waals surface area contributed by atoms with Gasteiger partial charge in [0, 0.05) is 100 Å². The van der Waals surface area contributed by atoms with Crippen LogP contribution in [0.1, 0.15) is 126 Å². The maximum atomic E-state index is 13.6. The minimum absolute atomic E-state index is 0.100. The van der Waals surface area contributed by atoms with Gasteiger partial charge < -0.3 is 83.2 Å². The van der Waals surface area contributed by atoms with Crippen molar-refractivity contribution in [2.75, 3.05) is 52.5 Å². The van der Waals surface area contributed by atoms with Gasteiger partial charge >= 0.3 is 60.0 Å². The number of methoxy groups -OCH3 is 2. The van der Waals surface area contributed by atoms with Gasteiger partial charge in [0.15, 0.2) is 46.0 Å². The molecule has 4 saturated heterocycles. The van der Waals surface area contributed by atoms with E-state index in [4.69, 9.17) is 56.8 Å². The van der Waals surface area contributed by atoms with Crippen molar-refractivity contribution < 1.29 is 127 Å². The molecule has 0 radical (unpaired) electrons. The van der Waals surface area contributed by atoms with Gasteiger partial charge in [0.25, 0.3) is 0 Å². The van der Waals surface area contributed by atoms with E-state index in [-0.39, 0.29) is 77.5 Å². The zero-order valence-corrected chi connectivity index (χ0v) is 65.1. The topological polar surface area (TPSA) is 346 Å². The number of aliphatic hydroxyl groups is 1. The summed E-state index contributed by atoms with van der Waals surface area (Å²) in [7, 11) is 2.89. The van der Waals surface area contributed by atoms with E-state index in [0.29, 0.717) is 62.1 Å². The molecule has 28 nitrogen and oxygen atoms in total. The van der Waals surface area contributed by atoms with Crippen LogP contribution in [0, 0.1) is 39.0 Å². The Bertz CT molecular complexity index is 5200. The molecule has 4 unspecified atom stereocenters. The molecule has 117 heavy (non-hydrogen) atoms. The molecule has 0 saturated carbocycles. The molecule has 36 heteroatoms. The fourth-order valence-corrected chi connectivity index (χ4v) is 20.5. The van der Waals surface area contributed by atoms with Crippen LogP contribution in [0.3, 0.4) is 0 Å². The monoisotopic (exact) mass is 1660 g/mol. The van der Waals surface area contributed by atoms with Crippen LogP contribution in [-0.4, -0.2) is 176 Å². The first-order chi connectivity index (χ1) is 55.9. The van der Waals surface area contributed by atoms with Crippen molar-refractivity contribution in [2.45, 2.75) is 150 Å². The third kappa shape index (κ3) is 14.9. The molecule has 5 N–H and O–H groups in total. The van der Waals surface area contributed by atoms with Crippen LogP contribution >= 0.6 is 23.5 Å². The quantitative estimate of drug-likeness (QED) is 0.0330. The zero-order chi connectivity index (χ0) is 83.1. The minimum Gasteiger partial charge on any atom is -0.493 e. The van der Waals surface area contributed by atoms with Crippen molar-refractivity contribution in [3.05, 3.63) is 163 Å². The van der Waals surface area contributed by atoms with Gasteiger partial charge in [-0.05, 0) is 86.1 Å². The van der Waals surface area contributed by atoms with E-state index in [2.05, 4.69) is 16.7 Å². The second kappa shape index (κ2) is 32.1. The average molecular weight is 1660 g/mol. The smallest absolute Gasteiger partial charge is 0.471 e. The molecule has 0 aromatic heterocycles. The zero-order valence-electron chi connectivity index (χ0n) is 63.5. The Morgan fingerprint density at radius 1 is 0.547 bits per heavy atom. The number of hydrogen-bond donors (Lipinski definition) is 5. The molecule has 0 aliphatic carbocycles. The largest absolute Gasteiger partial charge is 0.493 e. The highest BCUT2D eigenvalue weighted by Crippen LogP contribution is 2.66. The van der Waals surface area contributed by atoms with Gasteiger partial charge in [0.1, 0.15) is 49.1 Å². The first-order valence-corrected chi connectivity index (χ1v) is 39.0. The number of halogens is 6. The third-order valence-corrected chi connectivity index (χ3v) is 24.8. The summed E-state index contributed by atoms with van der Waals surface area (Å²) in [6.07, 6.45) is -5.48. The number of carbonyl (C=O) groups is 8. The van der Waals surface area contributed by atoms with Crippen molar-refractivity contribution in [3.63, 3.8) is 0 Å². The lowest BCUT2D eigenvalue weighted by atomic mass is 9.72. The molecule has 0 spiro atoms. The Morgan fingerprint density at radius 2 is 0.949 bits per heavy atom. The molecular formula is C81H75F6N7O21S2. The van der Waals surface area contributed by atoms with Gasteiger partial charge in [-0.2, -0.15) is 31.6 Å². The number of aryl methyl sites for hydroxylation is 2. The summed E-state index contributed by atoms with van der Waals surface area (Å²) in [6.45, 7) is 7.96. The lowest BCUT2D eigenvalue weighted by Crippen LogP contribution is -2.69. The summed E-state index contributed by atoms with van der Waals surface area (Å²) < 4.78 is 152. The number of thioether (sulfide) groups is 2. The number of amides is 2. The normalized spacial score (nSPS) is 25.7. The molecule has 6 aromatic rings. The van der Waals surface area contributed by atoms with Crippen LogP contribution in [0.4, 0.5) is 26.3 Å². The van der Waals surface area contributed by atoms with E-state index in [9.17, 15) is 75.1 Å². The Hall–Kier alpha value is -11.1. The minimum atomic E-state index is -5.30. The Kier molecular flexibility index (Phi) is 22.2. The van der Waals surface area contributed by atoms with Crippen molar-refractivity contribution in [1.82, 2.24) is 31.1 Å². The molecule has 10 aliphatic rings. The van der Waals surface area contributed by atoms with Crippen LogP contribution in [0.2, 0.25) is 0 Å². The highest BCUT2D eigenvalue weighted by molar-refractivity contribution is 7.99. The SMILES string of the molecule is COc1c(C)cc2c(c1OC(=O)/C=C/c1ccccc1)[C@H]1N[C@@H](C2)[C@H](C#N)N2C1[C@@H]1SCC(NC(=O)C(F)(F)F)C(=O)OC[C@H]2c2c3c(c(C)c(OC(C)=O)c21)OCO3.COc1c(C)cc2c(c1OC(=O)/C=C/c1ccccc1)[C@H]1N[C@@H](C2)[C@H](O)N2C1[C@@H]1SCC(NC(=O)C(F)(F)F)C(=O)OC[C@H]2c2c3c(c(C)c(OC(C)=O)c21)OCO3. The molecule has 16 rings (SSSR count). The molecule has 8 bridgehead atoms. The number of esters is 6. The Morgan fingerprint density at radius 3 is 1.36 bits per heavy atom. The first-order valence-electron chi connectivity index (χ1n) is 36.9. The number of nitriles is 1. The highest BCUT2D eigenvalue weighted by atomic mass is 32.2. The number of hydrogen-bond acceptors (Lipinski definition) is 28. The lowest BCUT2D eigenvalue weighted by Gasteiger charge is -2.59. The van der Waals surface area contributed by atoms with Gasteiger partial charge in [-0.25, -0.2) is 19.2 Å². The predicted molar refractivity (Wildman–Crippen MR) is 402 cm³/mol. The number of alkyl halides is 6. The predicted octanol–water partition coefficient (Wildman–Crippen LogP) is 9.13. The molecule has 614 valence electrons. The van der Waals surface area contributed by atoms with Gasteiger partial charge in [-0.1, -0.05) is 72.8 Å². The van der Waals surface area contributed by atoms with E-state index >= 15 is 0 Å². The fraction of sp³-hybridized carbons (Fsp3) is 0.395. The summed E-state index contributed by atoms with van der Waals surface area (Å²) in [5, 5.41) is 32.2. The Labute approximate surface area is 672 Å². The molecule has 2 amide bonds. The van der Waals surface area contributed by atoms with Gasteiger partial charge in [0.05, 0.1) is 61.0 Å². The van der Waals surface area contributed by atoms with Crippen molar-refractivity contribution >= 4 is 83.3 Å². The number of nitrogens with zero attached hydrogens (tertiary/aromatic N) is 3. The number of benzene rings is 6. The fourth-order valence-electron chi connectivity index (χ4n) is 17.5. The number of piperazine rings is 2. The van der Waals surface area contributed by atoms with Crippen LogP contribution < -0.4 is 68.6 Å². The van der Waals surface area contributed by atoms with Crippen molar-refractivity contribution in [3.8, 4) is 63.6 Å². The first kappa shape index (κ1) is 81.1. The molecular weight excluding hydrogens is 1590 g/mol. The van der Waals surface area contributed by atoms with E-state index in [1.165, 1.54) is 40.2 Å². The van der Waals surface area contributed by atoms with Crippen LogP contribution in [0.25, 0.3) is 12.2 Å². The summed E-state index contributed by atoms with van der Waals surface area (Å²) in [6, 6.07) is 13.6. The second-order valence-corrected chi connectivity index (χ2v) is 31.4. The maximum absolute atomic E-state index is 13.6. The third-order valence-electron chi connectivity index (χ3n) is 22.0. The number of carbonyl (C=O) groups excluding carboxylic acids is 8. The number of nitrogens with one attached hydrogen (secondary N) is 4. The number of cyclic esters (lactones) is 2. The highest BCUT2D eigenvalue weighted by Gasteiger charge is 2.62. The van der Waals surface area contributed by atoms with Crippen LogP contribution in [0.5, 0.6) is 57.5 Å². The van der Waals surface area contributed by atoms with E-state index in [1.54, 1.807) is 55.4 Å². The van der Waals surface area contributed by atoms with Crippen molar-refractivity contribution in [1.29, 1.82) is 5.26 Å².